The number of carboxylic acid groups (broad SMARTS) is 1. The molecule has 1 atom stereocenters. The predicted octanol–water partition coefficient (Wildman–Crippen LogP) is -0.621. The average Bonchev–Trinajstić information content (AvgIpc) is 1.98. The Labute approximate surface area is 83.6 Å². The monoisotopic (exact) mass is 229 g/mol. The van der Waals surface area contributed by atoms with Crippen LogP contribution in [0.3, 0.4) is 0 Å². The molecule has 0 heterocycles. The molecule has 0 aliphatic heterocycles. The zero-order chi connectivity index (χ0) is 10.9. The van der Waals surface area contributed by atoms with Crippen LogP contribution in [0.15, 0.2) is 0 Å². The van der Waals surface area contributed by atoms with Crippen LogP contribution in [0.25, 0.3) is 0 Å². The van der Waals surface area contributed by atoms with Gasteiger partial charge in [0.25, 0.3) is 0 Å². The van der Waals surface area contributed by atoms with Gasteiger partial charge in [0.1, 0.15) is 16.7 Å². The number of rotatable bonds is 4. The summed E-state index contributed by atoms with van der Waals surface area (Å²) in [6, 6.07) is -0.683. The molecule has 0 radical (unpaired) electrons. The summed E-state index contributed by atoms with van der Waals surface area (Å²) in [5, 5.41) is 8.27. The summed E-state index contributed by atoms with van der Waals surface area (Å²) >= 11 is 1.60. The maximum atomic E-state index is 10.1. The van der Waals surface area contributed by atoms with Crippen LogP contribution in [0.4, 0.5) is 0 Å². The highest BCUT2D eigenvalue weighted by Gasteiger charge is 2.08. The Bertz CT molecular complexity index is 197. The Morgan fingerprint density at radius 1 is 1.62 bits per heavy atom. The van der Waals surface area contributed by atoms with Crippen LogP contribution in [-0.4, -0.2) is 43.8 Å². The lowest BCUT2D eigenvalue weighted by atomic mass is 10.2. The second-order valence-corrected chi connectivity index (χ2v) is 4.03. The van der Waals surface area contributed by atoms with Gasteiger partial charge in [-0.1, -0.05) is 0 Å². The Morgan fingerprint density at radius 2 is 2.00 bits per heavy atom. The van der Waals surface area contributed by atoms with E-state index in [9.17, 15) is 4.79 Å². The minimum absolute atomic E-state index is 0.552. The molecule has 0 aliphatic carbocycles. The molecule has 0 bridgehead atoms. The molecule has 0 saturated heterocycles. The van der Waals surface area contributed by atoms with Crippen molar-refractivity contribution in [3.63, 3.8) is 0 Å². The van der Waals surface area contributed by atoms with E-state index in [2.05, 4.69) is 0 Å². The van der Waals surface area contributed by atoms with Crippen molar-refractivity contribution in [2.75, 3.05) is 18.3 Å². The molecule has 5 nitrogen and oxygen atoms in total. The van der Waals surface area contributed by atoms with Gasteiger partial charge < -0.3 is 10.8 Å². The first-order chi connectivity index (χ1) is 5.91. The number of nitrogens with two attached hydrogens (primary N) is 1. The maximum absolute atomic E-state index is 10.1. The fraction of sp³-hybridized carbons (Fsp3) is 0.833. The molecule has 13 heavy (non-hydrogen) atoms. The van der Waals surface area contributed by atoms with Crippen molar-refractivity contribution < 1.29 is 18.3 Å². The van der Waals surface area contributed by atoms with Crippen LogP contribution in [0.1, 0.15) is 6.42 Å². The summed E-state index contributed by atoms with van der Waals surface area (Å²) in [5.74, 6) is -0.1000. The highest BCUT2D eigenvalue weighted by molar-refractivity contribution is 7.98. The van der Waals surface area contributed by atoms with Crippen molar-refractivity contribution >= 4 is 28.4 Å². The van der Waals surface area contributed by atoms with Gasteiger partial charge in [-0.3, -0.25) is 4.79 Å². The van der Waals surface area contributed by atoms with E-state index < -0.39 is 22.7 Å². The average molecular weight is 229 g/mol. The van der Waals surface area contributed by atoms with Gasteiger partial charge in [0.05, 0.1) is 0 Å². The standard InChI is InChI=1S/C5H11NO2S.CH4O2S/c1-9-3-2-4(6)5(7)8;1-4(2)3/h4H,2-3,6H2,1H3,(H,7,8);4H,1H3. The molecule has 7 heteroatoms. The number of carbonyl (C=O) groups is 1. The van der Waals surface area contributed by atoms with Gasteiger partial charge in [-0.25, -0.2) is 8.42 Å². The molecule has 0 rings (SSSR count). The van der Waals surface area contributed by atoms with Gasteiger partial charge in [-0.2, -0.15) is 11.8 Å². The highest BCUT2D eigenvalue weighted by Crippen LogP contribution is 1.97. The number of thiol groups is 1. The highest BCUT2D eigenvalue weighted by atomic mass is 32.2. The quantitative estimate of drug-likeness (QED) is 0.556. The number of hydrogen-bond acceptors (Lipinski definition) is 5. The SMILES string of the molecule is CSCCC(N)C(=O)O.C[SH](=O)=O. The lowest BCUT2D eigenvalue weighted by Crippen LogP contribution is -2.30. The van der Waals surface area contributed by atoms with E-state index in [0.29, 0.717) is 6.42 Å². The third kappa shape index (κ3) is 18.6. The summed E-state index contributed by atoms with van der Waals surface area (Å²) < 4.78 is 18.1. The Hall–Kier alpha value is -0.270. The maximum Gasteiger partial charge on any atom is 0.320 e. The molecule has 80 valence electrons. The summed E-state index contributed by atoms with van der Waals surface area (Å²) in [6.45, 7) is 0. The molecular weight excluding hydrogens is 214 g/mol. The van der Waals surface area contributed by atoms with Crippen LogP contribution in [0.2, 0.25) is 0 Å². The van der Waals surface area contributed by atoms with Crippen molar-refractivity contribution in [2.24, 2.45) is 5.73 Å². The van der Waals surface area contributed by atoms with E-state index in [4.69, 9.17) is 19.3 Å². The van der Waals surface area contributed by atoms with Gasteiger partial charge in [0, 0.05) is 6.26 Å². The first-order valence-electron chi connectivity index (χ1n) is 3.47. The number of thioether (sulfide) groups is 1. The minimum Gasteiger partial charge on any atom is -0.480 e. The van der Waals surface area contributed by atoms with Crippen LogP contribution in [0, 0.1) is 0 Å². The van der Waals surface area contributed by atoms with Crippen molar-refractivity contribution in [3.8, 4) is 0 Å². The van der Waals surface area contributed by atoms with E-state index in [1.54, 1.807) is 11.8 Å². The zero-order valence-corrected chi connectivity index (χ0v) is 9.31. The van der Waals surface area contributed by atoms with Crippen molar-refractivity contribution in [1.29, 1.82) is 0 Å². The summed E-state index contributed by atoms with van der Waals surface area (Å²) in [6.07, 6.45) is 3.60. The normalized spacial score (nSPS) is 11.7. The Kier molecular flexibility index (Phi) is 11.5. The van der Waals surface area contributed by atoms with Crippen LogP contribution in [0.5, 0.6) is 0 Å². The fourth-order valence-corrected chi connectivity index (χ4v) is 0.858. The predicted molar refractivity (Wildman–Crippen MR) is 54.8 cm³/mol. The fourth-order valence-electron chi connectivity index (χ4n) is 0.368. The molecule has 0 spiro atoms. The molecule has 0 amide bonds. The molecule has 0 saturated carbocycles. The largest absolute Gasteiger partial charge is 0.480 e. The van der Waals surface area contributed by atoms with E-state index in [1.807, 2.05) is 6.26 Å². The first-order valence-corrected chi connectivity index (χ1v) is 6.49. The third-order valence-electron chi connectivity index (χ3n) is 0.950. The van der Waals surface area contributed by atoms with Crippen molar-refractivity contribution in [1.82, 2.24) is 0 Å². The number of carboxylic acids is 1. The van der Waals surface area contributed by atoms with Crippen LogP contribution >= 0.6 is 11.8 Å². The number of aliphatic carboxylic acids is 1. The van der Waals surface area contributed by atoms with E-state index >= 15 is 0 Å². The van der Waals surface area contributed by atoms with Gasteiger partial charge in [-0.15, -0.1) is 0 Å². The summed E-state index contributed by atoms with van der Waals surface area (Å²) in [5.41, 5.74) is 5.19. The second-order valence-electron chi connectivity index (χ2n) is 2.17. The summed E-state index contributed by atoms with van der Waals surface area (Å²) in [7, 11) is -2.12. The molecule has 0 aromatic rings. The first kappa shape index (κ1) is 15.2. The topological polar surface area (TPSA) is 97.5 Å². The van der Waals surface area contributed by atoms with Crippen molar-refractivity contribution in [3.05, 3.63) is 0 Å². The second kappa shape index (κ2) is 9.82. The third-order valence-corrected chi connectivity index (χ3v) is 1.59. The van der Waals surface area contributed by atoms with Crippen molar-refractivity contribution in [2.45, 2.75) is 12.5 Å². The molecule has 0 fully saturated rings. The molecule has 3 N–H and O–H groups in total. The van der Waals surface area contributed by atoms with Crippen LogP contribution in [-0.2, 0) is 15.5 Å². The molecule has 1 unspecified atom stereocenters. The molecule has 0 aromatic heterocycles. The lowest BCUT2D eigenvalue weighted by molar-refractivity contribution is -0.138. The van der Waals surface area contributed by atoms with Crippen LogP contribution < -0.4 is 5.73 Å². The van der Waals surface area contributed by atoms with E-state index in [1.165, 1.54) is 0 Å². The van der Waals surface area contributed by atoms with Gasteiger partial charge in [-0.05, 0) is 18.4 Å². The minimum atomic E-state index is -2.12. The molecular formula is C6H15NO4S2. The zero-order valence-electron chi connectivity index (χ0n) is 7.60. The van der Waals surface area contributed by atoms with E-state index in [0.717, 1.165) is 12.0 Å². The Morgan fingerprint density at radius 3 is 2.23 bits per heavy atom. The smallest absolute Gasteiger partial charge is 0.320 e. The number of hydrogen-bond donors (Lipinski definition) is 3. The summed E-state index contributed by atoms with van der Waals surface area (Å²) in [4.78, 5) is 10.1. The van der Waals surface area contributed by atoms with E-state index in [-0.39, 0.29) is 0 Å². The molecule has 0 aliphatic rings. The Balaban J connectivity index is 0. The molecule has 0 aromatic carbocycles. The van der Waals surface area contributed by atoms with Gasteiger partial charge in [0.2, 0.25) is 0 Å². The van der Waals surface area contributed by atoms with Gasteiger partial charge in [0.15, 0.2) is 0 Å². The lowest BCUT2D eigenvalue weighted by Gasteiger charge is -2.02. The van der Waals surface area contributed by atoms with Gasteiger partial charge >= 0.3 is 5.97 Å².